The van der Waals surface area contributed by atoms with E-state index in [0.717, 1.165) is 31.5 Å². The van der Waals surface area contributed by atoms with E-state index in [1.54, 1.807) is 12.1 Å². The minimum absolute atomic E-state index is 0.140. The van der Waals surface area contributed by atoms with Crippen LogP contribution in [-0.4, -0.2) is 24.5 Å². The molecule has 20 heavy (non-hydrogen) atoms. The molecule has 0 bridgehead atoms. The highest BCUT2D eigenvalue weighted by Gasteiger charge is 2.33. The maximum absolute atomic E-state index is 12.6. The topological polar surface area (TPSA) is 29.3 Å². The maximum Gasteiger partial charge on any atom is 0.416 e. The van der Waals surface area contributed by atoms with Crippen LogP contribution in [0.15, 0.2) is 24.3 Å². The van der Waals surface area contributed by atoms with Gasteiger partial charge in [-0.15, -0.1) is 0 Å². The molecule has 2 N–H and O–H groups in total. The number of piperidine rings is 1. The third kappa shape index (κ3) is 3.15. The fourth-order valence-electron chi connectivity index (χ4n) is 3.11. The SMILES string of the molecule is CCN1CCCC(CN)C1c1ccc(C(F)(F)F)cc1. The number of likely N-dealkylation sites (tertiary alicyclic amines) is 1. The van der Waals surface area contributed by atoms with E-state index in [4.69, 9.17) is 5.73 Å². The van der Waals surface area contributed by atoms with Gasteiger partial charge in [-0.05, 0) is 56.1 Å². The zero-order chi connectivity index (χ0) is 14.8. The first-order valence-corrected chi connectivity index (χ1v) is 7.08. The fourth-order valence-corrected chi connectivity index (χ4v) is 3.11. The van der Waals surface area contributed by atoms with Gasteiger partial charge >= 0.3 is 6.18 Å². The molecule has 1 aliphatic rings. The summed E-state index contributed by atoms with van der Waals surface area (Å²) in [4.78, 5) is 2.31. The lowest BCUT2D eigenvalue weighted by Gasteiger charge is -2.41. The first kappa shape index (κ1) is 15.3. The van der Waals surface area contributed by atoms with Crippen molar-refractivity contribution < 1.29 is 13.2 Å². The van der Waals surface area contributed by atoms with Crippen molar-refractivity contribution >= 4 is 0 Å². The van der Waals surface area contributed by atoms with Gasteiger partial charge in [0.25, 0.3) is 0 Å². The molecule has 0 spiro atoms. The van der Waals surface area contributed by atoms with Crippen LogP contribution in [0, 0.1) is 5.92 Å². The molecule has 5 heteroatoms. The normalized spacial score (nSPS) is 24.9. The van der Waals surface area contributed by atoms with Crippen molar-refractivity contribution in [2.45, 2.75) is 32.0 Å². The number of benzene rings is 1. The monoisotopic (exact) mass is 286 g/mol. The Morgan fingerprint density at radius 3 is 2.40 bits per heavy atom. The first-order chi connectivity index (χ1) is 9.47. The smallest absolute Gasteiger partial charge is 0.330 e. The Bertz CT molecular complexity index is 416. The van der Waals surface area contributed by atoms with Crippen LogP contribution in [0.1, 0.15) is 36.9 Å². The van der Waals surface area contributed by atoms with E-state index in [-0.39, 0.29) is 6.04 Å². The molecular formula is C15H21F3N2. The second-order valence-electron chi connectivity index (χ2n) is 5.33. The van der Waals surface area contributed by atoms with Gasteiger partial charge in [-0.2, -0.15) is 13.2 Å². The van der Waals surface area contributed by atoms with Gasteiger partial charge in [-0.1, -0.05) is 19.1 Å². The average molecular weight is 286 g/mol. The van der Waals surface area contributed by atoms with E-state index < -0.39 is 11.7 Å². The summed E-state index contributed by atoms with van der Waals surface area (Å²) in [7, 11) is 0. The Morgan fingerprint density at radius 1 is 1.25 bits per heavy atom. The van der Waals surface area contributed by atoms with E-state index in [9.17, 15) is 13.2 Å². The van der Waals surface area contributed by atoms with Gasteiger partial charge in [0.15, 0.2) is 0 Å². The van der Waals surface area contributed by atoms with Crippen LogP contribution < -0.4 is 5.73 Å². The molecule has 1 saturated heterocycles. The molecule has 1 aromatic carbocycles. The van der Waals surface area contributed by atoms with Crippen LogP contribution in [0.4, 0.5) is 13.2 Å². The average Bonchev–Trinajstić information content (AvgIpc) is 2.45. The highest BCUT2D eigenvalue weighted by atomic mass is 19.4. The van der Waals surface area contributed by atoms with Crippen LogP contribution in [0.5, 0.6) is 0 Å². The Balaban J connectivity index is 2.27. The van der Waals surface area contributed by atoms with Gasteiger partial charge in [0.2, 0.25) is 0 Å². The molecule has 0 aromatic heterocycles. The highest BCUT2D eigenvalue weighted by Crippen LogP contribution is 2.37. The molecule has 1 heterocycles. The zero-order valence-electron chi connectivity index (χ0n) is 11.7. The summed E-state index contributed by atoms with van der Waals surface area (Å²) < 4.78 is 37.9. The highest BCUT2D eigenvalue weighted by molar-refractivity contribution is 5.27. The Labute approximate surface area is 117 Å². The summed E-state index contributed by atoms with van der Waals surface area (Å²) in [6, 6.07) is 5.69. The van der Waals surface area contributed by atoms with E-state index >= 15 is 0 Å². The standard InChI is InChI=1S/C15H21F3N2/c1-2-20-9-3-4-12(10-19)14(20)11-5-7-13(8-6-11)15(16,17)18/h5-8,12,14H,2-4,9-10,19H2,1H3. The van der Waals surface area contributed by atoms with Crippen molar-refractivity contribution in [3.63, 3.8) is 0 Å². The van der Waals surface area contributed by atoms with E-state index in [0.29, 0.717) is 12.5 Å². The Morgan fingerprint density at radius 2 is 1.90 bits per heavy atom. The lowest BCUT2D eigenvalue weighted by molar-refractivity contribution is -0.137. The summed E-state index contributed by atoms with van der Waals surface area (Å²) >= 11 is 0. The van der Waals surface area contributed by atoms with Gasteiger partial charge in [-0.25, -0.2) is 0 Å². The number of hydrogen-bond acceptors (Lipinski definition) is 2. The molecule has 2 unspecified atom stereocenters. The Hall–Kier alpha value is -1.07. The number of nitrogens with zero attached hydrogens (tertiary/aromatic N) is 1. The van der Waals surface area contributed by atoms with Crippen LogP contribution >= 0.6 is 0 Å². The minimum atomic E-state index is -4.27. The molecular weight excluding hydrogens is 265 g/mol. The number of alkyl halides is 3. The molecule has 2 nitrogen and oxygen atoms in total. The van der Waals surface area contributed by atoms with Gasteiger partial charge in [0.1, 0.15) is 0 Å². The molecule has 112 valence electrons. The van der Waals surface area contributed by atoms with Crippen LogP contribution in [0.2, 0.25) is 0 Å². The lowest BCUT2D eigenvalue weighted by Crippen LogP contribution is -2.41. The predicted molar refractivity (Wildman–Crippen MR) is 73.2 cm³/mol. The van der Waals surface area contributed by atoms with Gasteiger partial charge in [0.05, 0.1) is 5.56 Å². The number of halogens is 3. The van der Waals surface area contributed by atoms with Gasteiger partial charge < -0.3 is 5.73 Å². The first-order valence-electron chi connectivity index (χ1n) is 7.08. The summed E-state index contributed by atoms with van der Waals surface area (Å²) in [6.45, 7) is 4.53. The van der Waals surface area contributed by atoms with Crippen molar-refractivity contribution in [3.05, 3.63) is 35.4 Å². The predicted octanol–water partition coefficient (Wildman–Crippen LogP) is 3.44. The summed E-state index contributed by atoms with van der Waals surface area (Å²) in [6.07, 6.45) is -2.13. The summed E-state index contributed by atoms with van der Waals surface area (Å²) in [5, 5.41) is 0. The molecule has 1 aliphatic heterocycles. The van der Waals surface area contributed by atoms with Crippen molar-refractivity contribution in [2.24, 2.45) is 11.7 Å². The molecule has 0 radical (unpaired) electrons. The number of nitrogens with two attached hydrogens (primary N) is 1. The number of rotatable bonds is 3. The van der Waals surface area contributed by atoms with Crippen molar-refractivity contribution in [1.29, 1.82) is 0 Å². The summed E-state index contributed by atoms with van der Waals surface area (Å²) in [5.41, 5.74) is 6.19. The van der Waals surface area contributed by atoms with Crippen molar-refractivity contribution in [3.8, 4) is 0 Å². The fraction of sp³-hybridized carbons (Fsp3) is 0.600. The maximum atomic E-state index is 12.6. The molecule has 0 aliphatic carbocycles. The molecule has 1 aromatic rings. The van der Waals surface area contributed by atoms with E-state index in [1.165, 1.54) is 12.1 Å². The Kier molecular flexibility index (Phi) is 4.70. The second-order valence-corrected chi connectivity index (χ2v) is 5.33. The van der Waals surface area contributed by atoms with Gasteiger partial charge in [0, 0.05) is 6.04 Å². The third-order valence-electron chi connectivity index (χ3n) is 4.15. The zero-order valence-corrected chi connectivity index (χ0v) is 11.7. The minimum Gasteiger partial charge on any atom is -0.330 e. The van der Waals surface area contributed by atoms with Crippen molar-refractivity contribution in [2.75, 3.05) is 19.6 Å². The molecule has 2 rings (SSSR count). The molecule has 0 saturated carbocycles. The third-order valence-corrected chi connectivity index (χ3v) is 4.15. The van der Waals surface area contributed by atoms with E-state index in [1.807, 2.05) is 0 Å². The van der Waals surface area contributed by atoms with Gasteiger partial charge in [-0.3, -0.25) is 4.90 Å². The van der Waals surface area contributed by atoms with Crippen LogP contribution in [0.3, 0.4) is 0 Å². The molecule has 2 atom stereocenters. The lowest BCUT2D eigenvalue weighted by atomic mass is 9.84. The van der Waals surface area contributed by atoms with Crippen molar-refractivity contribution in [1.82, 2.24) is 4.90 Å². The number of hydrogen-bond donors (Lipinski definition) is 1. The molecule has 0 amide bonds. The van der Waals surface area contributed by atoms with Crippen LogP contribution in [-0.2, 0) is 6.18 Å². The quantitative estimate of drug-likeness (QED) is 0.922. The summed E-state index contributed by atoms with van der Waals surface area (Å²) in [5.74, 6) is 0.320. The largest absolute Gasteiger partial charge is 0.416 e. The molecule has 1 fully saturated rings. The van der Waals surface area contributed by atoms with E-state index in [2.05, 4.69) is 11.8 Å². The second kappa shape index (κ2) is 6.14. The van der Waals surface area contributed by atoms with Crippen LogP contribution in [0.25, 0.3) is 0 Å².